The molecule has 2 rings (SSSR count). The third-order valence-corrected chi connectivity index (χ3v) is 4.63. The summed E-state index contributed by atoms with van der Waals surface area (Å²) in [4.78, 5) is 27.3. The summed E-state index contributed by atoms with van der Waals surface area (Å²) in [6.45, 7) is 6.97. The predicted octanol–water partition coefficient (Wildman–Crippen LogP) is 3.87. The molecule has 0 bridgehead atoms. The van der Waals surface area contributed by atoms with Crippen LogP contribution in [0.4, 0.5) is 0 Å². The van der Waals surface area contributed by atoms with E-state index < -0.39 is 6.04 Å². The number of nitrogens with one attached hydrogen (secondary N) is 1. The van der Waals surface area contributed by atoms with Crippen LogP contribution in [0.15, 0.2) is 54.6 Å². The van der Waals surface area contributed by atoms with Crippen molar-refractivity contribution in [2.75, 3.05) is 6.54 Å². The fraction of sp³-hybridized carbons (Fsp3) is 0.391. The van der Waals surface area contributed by atoms with Crippen molar-refractivity contribution in [1.82, 2.24) is 10.2 Å². The highest BCUT2D eigenvalue weighted by molar-refractivity contribution is 5.88. The van der Waals surface area contributed by atoms with Gasteiger partial charge in [-0.05, 0) is 31.4 Å². The fourth-order valence-electron chi connectivity index (χ4n) is 3.00. The lowest BCUT2D eigenvalue weighted by Crippen LogP contribution is -2.48. The average molecular weight is 367 g/mol. The number of benzene rings is 2. The van der Waals surface area contributed by atoms with Gasteiger partial charge in [0.1, 0.15) is 6.04 Å². The average Bonchev–Trinajstić information content (AvgIpc) is 2.66. The van der Waals surface area contributed by atoms with Gasteiger partial charge in [0, 0.05) is 13.1 Å². The molecular weight excluding hydrogens is 336 g/mol. The van der Waals surface area contributed by atoms with Gasteiger partial charge in [-0.1, -0.05) is 73.5 Å². The highest BCUT2D eigenvalue weighted by atomic mass is 16.2. The minimum absolute atomic E-state index is 0.0393. The molecule has 0 spiro atoms. The van der Waals surface area contributed by atoms with Gasteiger partial charge >= 0.3 is 0 Å². The number of carbonyl (C=O) groups excluding carboxylic acids is 2. The van der Waals surface area contributed by atoms with E-state index in [2.05, 4.69) is 12.2 Å². The number of amides is 2. The van der Waals surface area contributed by atoms with Crippen molar-refractivity contribution < 1.29 is 9.59 Å². The molecule has 2 aromatic carbocycles. The summed E-state index contributed by atoms with van der Waals surface area (Å²) in [7, 11) is 0. The van der Waals surface area contributed by atoms with Crippen molar-refractivity contribution in [2.45, 2.75) is 52.6 Å². The van der Waals surface area contributed by atoms with Gasteiger partial charge in [0.2, 0.25) is 11.8 Å². The summed E-state index contributed by atoms with van der Waals surface area (Å²) in [5.74, 6) is -0.139. The number of aryl methyl sites for hydroxylation is 1. The summed E-state index contributed by atoms with van der Waals surface area (Å²) in [5.41, 5.74) is 3.11. The molecule has 0 fully saturated rings. The minimum atomic E-state index is -0.514. The molecule has 4 nitrogen and oxygen atoms in total. The molecule has 0 aromatic heterocycles. The molecule has 0 saturated heterocycles. The number of unbranched alkanes of at least 4 members (excludes halogenated alkanes) is 1. The molecule has 2 amide bonds. The Kier molecular flexibility index (Phi) is 8.05. The monoisotopic (exact) mass is 366 g/mol. The second-order valence-electron chi connectivity index (χ2n) is 6.99. The molecule has 0 aliphatic carbocycles. The Morgan fingerprint density at radius 2 is 1.74 bits per heavy atom. The van der Waals surface area contributed by atoms with Crippen LogP contribution in [0.2, 0.25) is 0 Å². The Balaban J connectivity index is 2.15. The van der Waals surface area contributed by atoms with Crippen LogP contribution in [0.1, 0.15) is 43.4 Å². The summed E-state index contributed by atoms with van der Waals surface area (Å²) in [5, 5.41) is 2.94. The third-order valence-electron chi connectivity index (χ3n) is 4.63. The van der Waals surface area contributed by atoms with Crippen LogP contribution in [-0.4, -0.2) is 29.3 Å². The largest absolute Gasteiger partial charge is 0.354 e. The normalized spacial score (nSPS) is 11.7. The van der Waals surface area contributed by atoms with Crippen molar-refractivity contribution in [1.29, 1.82) is 0 Å². The van der Waals surface area contributed by atoms with E-state index in [9.17, 15) is 9.59 Å². The van der Waals surface area contributed by atoms with Gasteiger partial charge in [-0.15, -0.1) is 0 Å². The molecule has 27 heavy (non-hydrogen) atoms. The van der Waals surface area contributed by atoms with Crippen LogP contribution in [0.3, 0.4) is 0 Å². The molecule has 144 valence electrons. The number of hydrogen-bond donors (Lipinski definition) is 1. The first-order valence-electron chi connectivity index (χ1n) is 9.68. The van der Waals surface area contributed by atoms with Crippen molar-refractivity contribution >= 4 is 11.8 Å². The zero-order chi connectivity index (χ0) is 19.6. The van der Waals surface area contributed by atoms with Crippen molar-refractivity contribution in [2.24, 2.45) is 0 Å². The van der Waals surface area contributed by atoms with Gasteiger partial charge < -0.3 is 10.2 Å². The lowest BCUT2D eigenvalue weighted by molar-refractivity contribution is -0.140. The molecule has 2 aromatic rings. The van der Waals surface area contributed by atoms with E-state index in [0.29, 0.717) is 19.5 Å². The highest BCUT2D eigenvalue weighted by Gasteiger charge is 2.25. The Hall–Kier alpha value is -2.62. The summed E-state index contributed by atoms with van der Waals surface area (Å²) >= 11 is 0. The van der Waals surface area contributed by atoms with Gasteiger partial charge in [0.25, 0.3) is 0 Å². The van der Waals surface area contributed by atoms with Gasteiger partial charge in [-0.25, -0.2) is 0 Å². The second-order valence-corrected chi connectivity index (χ2v) is 6.99. The summed E-state index contributed by atoms with van der Waals surface area (Å²) < 4.78 is 0. The van der Waals surface area contributed by atoms with Crippen molar-refractivity contribution in [3.8, 4) is 0 Å². The van der Waals surface area contributed by atoms with Gasteiger partial charge in [-0.3, -0.25) is 9.59 Å². The van der Waals surface area contributed by atoms with Crippen molar-refractivity contribution in [3.05, 3.63) is 71.3 Å². The van der Waals surface area contributed by atoms with Gasteiger partial charge in [0.05, 0.1) is 6.42 Å². The molecular formula is C23H30N2O2. The number of hydrogen-bond acceptors (Lipinski definition) is 2. The van der Waals surface area contributed by atoms with Crippen LogP contribution in [0.5, 0.6) is 0 Å². The molecule has 0 heterocycles. The maximum absolute atomic E-state index is 13.1. The van der Waals surface area contributed by atoms with Gasteiger partial charge in [-0.2, -0.15) is 0 Å². The highest BCUT2D eigenvalue weighted by Crippen LogP contribution is 2.13. The molecule has 1 N–H and O–H groups in total. The maximum Gasteiger partial charge on any atom is 0.242 e. The number of nitrogens with zero attached hydrogens (tertiary/aromatic N) is 1. The first kappa shape index (κ1) is 20.7. The zero-order valence-electron chi connectivity index (χ0n) is 16.6. The number of carbonyl (C=O) groups is 2. The lowest BCUT2D eigenvalue weighted by Gasteiger charge is -2.29. The van der Waals surface area contributed by atoms with E-state index in [0.717, 1.165) is 29.5 Å². The maximum atomic E-state index is 13.1. The van der Waals surface area contributed by atoms with E-state index in [1.807, 2.05) is 61.5 Å². The Bertz CT molecular complexity index is 743. The van der Waals surface area contributed by atoms with E-state index in [1.165, 1.54) is 0 Å². The Morgan fingerprint density at radius 1 is 1.04 bits per heavy atom. The first-order chi connectivity index (χ1) is 13.0. The molecule has 0 saturated carbocycles. The topological polar surface area (TPSA) is 49.4 Å². The third kappa shape index (κ3) is 6.55. The molecule has 4 heteroatoms. The standard InChI is InChI=1S/C23H30N2O2/c1-4-5-14-24-23(27)19(3)25(17-20-11-7-6-8-12-20)22(26)16-21-13-9-10-18(2)15-21/h6-13,15,19H,4-5,14,16-17H2,1-3H3,(H,24,27)/t19-/m0/s1. The van der Waals surface area contributed by atoms with Crippen LogP contribution in [-0.2, 0) is 22.6 Å². The van der Waals surface area contributed by atoms with Crippen LogP contribution >= 0.6 is 0 Å². The molecule has 0 aliphatic heterocycles. The smallest absolute Gasteiger partial charge is 0.242 e. The minimum Gasteiger partial charge on any atom is -0.354 e. The van der Waals surface area contributed by atoms with E-state index in [-0.39, 0.29) is 11.8 Å². The van der Waals surface area contributed by atoms with Crippen molar-refractivity contribution in [3.63, 3.8) is 0 Å². The number of rotatable bonds is 9. The van der Waals surface area contributed by atoms with Crippen LogP contribution < -0.4 is 5.32 Å². The molecule has 0 aliphatic rings. The zero-order valence-corrected chi connectivity index (χ0v) is 16.6. The van der Waals surface area contributed by atoms with Crippen LogP contribution in [0.25, 0.3) is 0 Å². The predicted molar refractivity (Wildman–Crippen MR) is 109 cm³/mol. The summed E-state index contributed by atoms with van der Waals surface area (Å²) in [6.07, 6.45) is 2.25. The van der Waals surface area contributed by atoms with Crippen LogP contribution in [0, 0.1) is 6.92 Å². The summed E-state index contributed by atoms with van der Waals surface area (Å²) in [6, 6.07) is 17.2. The Morgan fingerprint density at radius 3 is 2.41 bits per heavy atom. The molecule has 1 atom stereocenters. The lowest BCUT2D eigenvalue weighted by atomic mass is 10.1. The fourth-order valence-corrected chi connectivity index (χ4v) is 3.00. The molecule has 0 radical (unpaired) electrons. The SMILES string of the molecule is CCCCNC(=O)[C@H](C)N(Cc1ccccc1)C(=O)Cc1cccc(C)c1. The van der Waals surface area contributed by atoms with E-state index >= 15 is 0 Å². The van der Waals surface area contributed by atoms with E-state index in [1.54, 1.807) is 11.8 Å². The molecule has 0 unspecified atom stereocenters. The first-order valence-corrected chi connectivity index (χ1v) is 9.68. The Labute approximate surface area is 162 Å². The quantitative estimate of drug-likeness (QED) is 0.685. The van der Waals surface area contributed by atoms with E-state index in [4.69, 9.17) is 0 Å². The van der Waals surface area contributed by atoms with Gasteiger partial charge in [0.15, 0.2) is 0 Å². The second kappa shape index (κ2) is 10.5.